The fourth-order valence-corrected chi connectivity index (χ4v) is 2.83. The first-order valence-electron chi connectivity index (χ1n) is 7.74. The van der Waals surface area contributed by atoms with Gasteiger partial charge in [-0.2, -0.15) is 0 Å². The highest BCUT2D eigenvalue weighted by Crippen LogP contribution is 2.26. The zero-order valence-corrected chi connectivity index (χ0v) is 14.1. The Morgan fingerprint density at radius 2 is 1.74 bits per heavy atom. The number of nitrogens with zero attached hydrogens (tertiary/aromatic N) is 4. The number of anilines is 2. The van der Waals surface area contributed by atoms with Gasteiger partial charge in [-0.05, 0) is 36.2 Å². The van der Waals surface area contributed by atoms with Crippen LogP contribution in [-0.2, 0) is 6.54 Å². The van der Waals surface area contributed by atoms with Gasteiger partial charge in [0, 0.05) is 38.8 Å². The fourth-order valence-electron chi connectivity index (χ4n) is 2.83. The minimum Gasteiger partial charge on any atom is -0.378 e. The second-order valence-electron chi connectivity index (χ2n) is 6.09. The first-order valence-corrected chi connectivity index (χ1v) is 7.74. The van der Waals surface area contributed by atoms with Gasteiger partial charge in [-0.25, -0.2) is 9.97 Å². The maximum atomic E-state index is 4.53. The predicted molar refractivity (Wildman–Crippen MR) is 97.2 cm³/mol. The molecule has 0 aliphatic rings. The fraction of sp³-hybridized carbons (Fsp3) is 0.263. The summed E-state index contributed by atoms with van der Waals surface area (Å²) in [4.78, 5) is 13.2. The van der Waals surface area contributed by atoms with Crippen molar-refractivity contribution in [2.45, 2.75) is 13.5 Å². The average Bonchev–Trinajstić information content (AvgIpc) is 2.55. The molecule has 23 heavy (non-hydrogen) atoms. The van der Waals surface area contributed by atoms with E-state index in [0.717, 1.165) is 23.3 Å². The molecule has 0 unspecified atom stereocenters. The molecule has 3 rings (SSSR count). The van der Waals surface area contributed by atoms with Crippen LogP contribution in [0.1, 0.15) is 11.1 Å². The maximum Gasteiger partial charge on any atom is 0.140 e. The van der Waals surface area contributed by atoms with Gasteiger partial charge in [0.05, 0.1) is 5.52 Å². The van der Waals surface area contributed by atoms with Gasteiger partial charge < -0.3 is 9.80 Å². The van der Waals surface area contributed by atoms with Crippen molar-refractivity contribution in [2.24, 2.45) is 0 Å². The summed E-state index contributed by atoms with van der Waals surface area (Å²) in [6.07, 6.45) is 1.64. The van der Waals surface area contributed by atoms with Crippen molar-refractivity contribution in [1.29, 1.82) is 0 Å². The maximum absolute atomic E-state index is 4.53. The van der Waals surface area contributed by atoms with Gasteiger partial charge in [0.1, 0.15) is 12.1 Å². The van der Waals surface area contributed by atoms with Gasteiger partial charge in [-0.3, -0.25) is 0 Å². The summed E-state index contributed by atoms with van der Waals surface area (Å²) in [5.41, 5.74) is 4.66. The minimum absolute atomic E-state index is 0.808. The summed E-state index contributed by atoms with van der Waals surface area (Å²) < 4.78 is 0. The lowest BCUT2D eigenvalue weighted by Gasteiger charge is -2.21. The number of hydrogen-bond donors (Lipinski definition) is 0. The van der Waals surface area contributed by atoms with Gasteiger partial charge >= 0.3 is 0 Å². The van der Waals surface area contributed by atoms with Gasteiger partial charge in [0.25, 0.3) is 0 Å². The van der Waals surface area contributed by atoms with E-state index in [1.807, 2.05) is 12.1 Å². The SMILES string of the molecule is Cc1cccc2ncnc(N(C)Cc3cccc(N(C)C)c3)c12. The van der Waals surface area contributed by atoms with Gasteiger partial charge in [0.2, 0.25) is 0 Å². The molecule has 3 aromatic rings. The van der Waals surface area contributed by atoms with E-state index in [9.17, 15) is 0 Å². The molecule has 0 N–H and O–H groups in total. The normalized spacial score (nSPS) is 10.8. The third-order valence-electron chi connectivity index (χ3n) is 4.06. The van der Waals surface area contributed by atoms with E-state index in [1.165, 1.54) is 16.8 Å². The Balaban J connectivity index is 1.95. The van der Waals surface area contributed by atoms with E-state index >= 15 is 0 Å². The molecule has 0 bridgehead atoms. The smallest absolute Gasteiger partial charge is 0.140 e. The van der Waals surface area contributed by atoms with E-state index in [-0.39, 0.29) is 0 Å². The van der Waals surface area contributed by atoms with E-state index in [4.69, 9.17) is 0 Å². The lowest BCUT2D eigenvalue weighted by atomic mass is 10.1. The lowest BCUT2D eigenvalue weighted by molar-refractivity contribution is 0.898. The van der Waals surface area contributed by atoms with Crippen LogP contribution < -0.4 is 9.80 Å². The zero-order valence-electron chi connectivity index (χ0n) is 14.1. The molecule has 0 aliphatic heterocycles. The highest BCUT2D eigenvalue weighted by Gasteiger charge is 2.11. The first-order chi connectivity index (χ1) is 11.1. The Morgan fingerprint density at radius 1 is 0.957 bits per heavy atom. The molecule has 0 radical (unpaired) electrons. The second kappa shape index (κ2) is 6.24. The Hall–Kier alpha value is -2.62. The third kappa shape index (κ3) is 3.11. The largest absolute Gasteiger partial charge is 0.378 e. The Kier molecular flexibility index (Phi) is 4.15. The average molecular weight is 306 g/mol. The molecule has 0 aliphatic carbocycles. The van der Waals surface area contributed by atoms with Gasteiger partial charge in [-0.15, -0.1) is 0 Å². The highest BCUT2D eigenvalue weighted by atomic mass is 15.2. The molecule has 4 heteroatoms. The van der Waals surface area contributed by atoms with Crippen LogP contribution in [0.3, 0.4) is 0 Å². The quantitative estimate of drug-likeness (QED) is 0.736. The summed E-state index contributed by atoms with van der Waals surface area (Å²) >= 11 is 0. The van der Waals surface area contributed by atoms with Crippen molar-refractivity contribution in [3.8, 4) is 0 Å². The summed E-state index contributed by atoms with van der Waals surface area (Å²) in [6.45, 7) is 2.91. The van der Waals surface area contributed by atoms with Crippen molar-refractivity contribution < 1.29 is 0 Å². The van der Waals surface area contributed by atoms with Crippen LogP contribution in [0.25, 0.3) is 10.9 Å². The van der Waals surface area contributed by atoms with Crippen LogP contribution in [0, 0.1) is 6.92 Å². The number of rotatable bonds is 4. The molecule has 1 heterocycles. The van der Waals surface area contributed by atoms with Crippen LogP contribution in [0.4, 0.5) is 11.5 Å². The van der Waals surface area contributed by atoms with E-state index < -0.39 is 0 Å². The molecule has 0 spiro atoms. The van der Waals surface area contributed by atoms with Crippen LogP contribution in [0.2, 0.25) is 0 Å². The summed E-state index contributed by atoms with van der Waals surface area (Å²) in [5, 5.41) is 1.13. The standard InChI is InChI=1S/C19H22N4/c1-14-7-5-10-17-18(14)19(21-13-20-17)23(4)12-15-8-6-9-16(11-15)22(2)3/h5-11,13H,12H2,1-4H3. The lowest BCUT2D eigenvalue weighted by Crippen LogP contribution is -2.19. The van der Waals surface area contributed by atoms with E-state index in [0.29, 0.717) is 0 Å². The molecule has 0 fully saturated rings. The molecular formula is C19H22N4. The van der Waals surface area contributed by atoms with Crippen molar-refractivity contribution in [1.82, 2.24) is 9.97 Å². The van der Waals surface area contributed by atoms with Crippen molar-refractivity contribution in [3.05, 3.63) is 59.9 Å². The molecule has 0 saturated heterocycles. The zero-order chi connectivity index (χ0) is 16.4. The number of aryl methyl sites for hydroxylation is 1. The highest BCUT2D eigenvalue weighted by molar-refractivity contribution is 5.92. The van der Waals surface area contributed by atoms with Gasteiger partial charge in [0.15, 0.2) is 0 Å². The van der Waals surface area contributed by atoms with E-state index in [2.05, 4.69) is 78.2 Å². The second-order valence-corrected chi connectivity index (χ2v) is 6.09. The topological polar surface area (TPSA) is 32.3 Å². The molecular weight excluding hydrogens is 284 g/mol. The molecule has 2 aromatic carbocycles. The minimum atomic E-state index is 0.808. The molecule has 118 valence electrons. The van der Waals surface area contributed by atoms with Gasteiger partial charge in [-0.1, -0.05) is 24.3 Å². The van der Waals surface area contributed by atoms with Crippen molar-refractivity contribution in [3.63, 3.8) is 0 Å². The molecule has 1 aromatic heterocycles. The molecule has 0 atom stereocenters. The first kappa shape index (κ1) is 15.3. The molecule has 4 nitrogen and oxygen atoms in total. The Morgan fingerprint density at radius 3 is 2.52 bits per heavy atom. The van der Waals surface area contributed by atoms with Crippen molar-refractivity contribution >= 4 is 22.4 Å². The number of benzene rings is 2. The number of hydrogen-bond acceptors (Lipinski definition) is 4. The van der Waals surface area contributed by atoms with Crippen LogP contribution >= 0.6 is 0 Å². The number of fused-ring (bicyclic) bond motifs is 1. The third-order valence-corrected chi connectivity index (χ3v) is 4.06. The number of aromatic nitrogens is 2. The summed E-state index contributed by atoms with van der Waals surface area (Å²) in [6, 6.07) is 14.8. The Labute approximate surface area is 137 Å². The summed E-state index contributed by atoms with van der Waals surface area (Å²) in [7, 11) is 6.20. The van der Waals surface area contributed by atoms with Crippen LogP contribution in [-0.4, -0.2) is 31.1 Å². The van der Waals surface area contributed by atoms with Crippen LogP contribution in [0.5, 0.6) is 0 Å². The molecule has 0 amide bonds. The summed E-state index contributed by atoms with van der Waals surface area (Å²) in [5.74, 6) is 0.975. The molecule has 0 saturated carbocycles. The predicted octanol–water partition coefficient (Wildman–Crippen LogP) is 3.64. The van der Waals surface area contributed by atoms with E-state index in [1.54, 1.807) is 6.33 Å². The monoisotopic (exact) mass is 306 g/mol. The van der Waals surface area contributed by atoms with Crippen molar-refractivity contribution in [2.75, 3.05) is 30.9 Å². The Bertz CT molecular complexity index is 821. The van der Waals surface area contributed by atoms with Crippen LogP contribution in [0.15, 0.2) is 48.8 Å².